The number of nitrogens with two attached hydrogens (primary N) is 1. The summed E-state index contributed by atoms with van der Waals surface area (Å²) in [4.78, 5) is 27.3. The van der Waals surface area contributed by atoms with Gasteiger partial charge in [-0.2, -0.15) is 0 Å². The van der Waals surface area contributed by atoms with E-state index in [9.17, 15) is 9.59 Å². The molecule has 1 atom stereocenters. The van der Waals surface area contributed by atoms with Crippen molar-refractivity contribution in [2.45, 2.75) is 52.1 Å². The third-order valence-electron chi connectivity index (χ3n) is 4.55. The number of piperidine rings is 1. The fourth-order valence-electron chi connectivity index (χ4n) is 3.10. The molecule has 2 amide bonds. The first-order chi connectivity index (χ1) is 11.4. The summed E-state index contributed by atoms with van der Waals surface area (Å²) >= 11 is 0. The van der Waals surface area contributed by atoms with Crippen molar-refractivity contribution in [1.82, 2.24) is 10.2 Å². The Morgan fingerprint density at radius 1 is 1.24 bits per heavy atom. The molecule has 0 saturated carbocycles. The number of aryl methyl sites for hydroxylation is 1. The topological polar surface area (TPSA) is 75.4 Å². The summed E-state index contributed by atoms with van der Waals surface area (Å²) in [6, 6.07) is 7.14. The van der Waals surface area contributed by atoms with Crippen LogP contribution in [0.2, 0.25) is 0 Å². The van der Waals surface area contributed by atoms with Gasteiger partial charge in [-0.25, -0.2) is 0 Å². The summed E-state index contributed by atoms with van der Waals surface area (Å²) in [5, 5.41) is 2.95. The summed E-state index contributed by atoms with van der Waals surface area (Å²) in [6.07, 6.45) is 2.29. The van der Waals surface area contributed by atoms with Gasteiger partial charge < -0.3 is 16.0 Å². The van der Waals surface area contributed by atoms with Gasteiger partial charge in [0.05, 0.1) is 0 Å². The van der Waals surface area contributed by atoms with Crippen molar-refractivity contribution in [3.63, 3.8) is 0 Å². The summed E-state index contributed by atoms with van der Waals surface area (Å²) in [6.45, 7) is 7.38. The normalized spacial score (nSPS) is 16.3. The number of nitrogens with one attached hydrogen (secondary N) is 1. The lowest BCUT2D eigenvalue weighted by molar-refractivity contribution is -0.134. The summed E-state index contributed by atoms with van der Waals surface area (Å²) in [5.74, 6) is 0.154. The molecule has 0 radical (unpaired) electrons. The lowest BCUT2D eigenvalue weighted by atomic mass is 9.99. The zero-order valence-electron chi connectivity index (χ0n) is 15.3. The van der Waals surface area contributed by atoms with Crippen molar-refractivity contribution < 1.29 is 9.59 Å². The number of hydrogen-bond donors (Lipinski definition) is 2. The molecule has 1 aliphatic rings. The Morgan fingerprint density at radius 2 is 1.84 bits per heavy atom. The number of carbonyl (C=O) groups is 2. The summed E-state index contributed by atoms with van der Waals surface area (Å²) < 4.78 is 0. The lowest BCUT2D eigenvalue weighted by Gasteiger charge is -2.33. The van der Waals surface area contributed by atoms with Gasteiger partial charge >= 0.3 is 0 Å². The fourth-order valence-corrected chi connectivity index (χ4v) is 3.10. The van der Waals surface area contributed by atoms with E-state index in [4.69, 9.17) is 5.73 Å². The van der Waals surface area contributed by atoms with Gasteiger partial charge in [0, 0.05) is 24.7 Å². The van der Waals surface area contributed by atoms with E-state index in [0.29, 0.717) is 31.0 Å². The van der Waals surface area contributed by atoms with Crippen molar-refractivity contribution in [2.75, 3.05) is 13.1 Å². The molecule has 5 nitrogen and oxygen atoms in total. The monoisotopic (exact) mass is 367 g/mol. The second kappa shape index (κ2) is 9.78. The Labute approximate surface area is 156 Å². The lowest BCUT2D eigenvalue weighted by Crippen LogP contribution is -2.52. The highest BCUT2D eigenvalue weighted by Crippen LogP contribution is 2.15. The van der Waals surface area contributed by atoms with Crippen LogP contribution in [-0.4, -0.2) is 41.9 Å². The van der Waals surface area contributed by atoms with E-state index >= 15 is 0 Å². The molecule has 1 aromatic rings. The minimum absolute atomic E-state index is 0. The Hall–Kier alpha value is -1.59. The highest BCUT2D eigenvalue weighted by Gasteiger charge is 2.29. The first-order valence-corrected chi connectivity index (χ1v) is 8.79. The quantitative estimate of drug-likeness (QED) is 0.839. The molecule has 3 N–H and O–H groups in total. The molecule has 1 saturated heterocycles. The van der Waals surface area contributed by atoms with E-state index < -0.39 is 6.04 Å². The SMILES string of the molecule is Cc1ccccc1C(=O)NC(CC(C)C)C(=O)N1CCC(N)CC1.Cl. The van der Waals surface area contributed by atoms with E-state index in [1.54, 1.807) is 6.07 Å². The van der Waals surface area contributed by atoms with Crippen LogP contribution in [-0.2, 0) is 4.79 Å². The number of carbonyl (C=O) groups excluding carboxylic acids is 2. The van der Waals surface area contributed by atoms with Crippen molar-refractivity contribution >= 4 is 24.2 Å². The molecular weight excluding hydrogens is 338 g/mol. The zero-order chi connectivity index (χ0) is 17.7. The Bertz CT molecular complexity index is 584. The molecule has 1 heterocycles. The van der Waals surface area contributed by atoms with Gasteiger partial charge in [0.2, 0.25) is 5.91 Å². The Kier molecular flexibility index (Phi) is 8.39. The second-order valence-corrected chi connectivity index (χ2v) is 7.13. The molecular formula is C19H30ClN3O2. The molecule has 1 fully saturated rings. The molecule has 1 unspecified atom stereocenters. The number of likely N-dealkylation sites (tertiary alicyclic amines) is 1. The molecule has 0 aromatic heterocycles. The van der Waals surface area contributed by atoms with Crippen LogP contribution in [0, 0.1) is 12.8 Å². The Balaban J connectivity index is 0.00000312. The molecule has 0 bridgehead atoms. The van der Waals surface area contributed by atoms with Crippen LogP contribution < -0.4 is 11.1 Å². The van der Waals surface area contributed by atoms with Gasteiger partial charge in [-0.05, 0) is 43.7 Å². The standard InChI is InChI=1S/C19H29N3O2.ClH/c1-13(2)12-17(19(24)22-10-8-15(20)9-11-22)21-18(23)16-7-5-4-6-14(16)3;/h4-7,13,15,17H,8-12,20H2,1-3H3,(H,21,23);1H. The predicted octanol–water partition coefficient (Wildman–Crippen LogP) is 2.51. The van der Waals surface area contributed by atoms with Gasteiger partial charge in [-0.15, -0.1) is 12.4 Å². The zero-order valence-corrected chi connectivity index (χ0v) is 16.1. The maximum atomic E-state index is 12.9. The highest BCUT2D eigenvalue weighted by atomic mass is 35.5. The third-order valence-corrected chi connectivity index (χ3v) is 4.55. The number of amides is 2. The largest absolute Gasteiger partial charge is 0.341 e. The summed E-state index contributed by atoms with van der Waals surface area (Å²) in [7, 11) is 0. The van der Waals surface area contributed by atoms with Crippen molar-refractivity contribution in [2.24, 2.45) is 11.7 Å². The maximum Gasteiger partial charge on any atom is 0.252 e. The van der Waals surface area contributed by atoms with Crippen LogP contribution in [0.3, 0.4) is 0 Å². The molecule has 25 heavy (non-hydrogen) atoms. The summed E-state index contributed by atoms with van der Waals surface area (Å²) in [5.41, 5.74) is 7.46. The first kappa shape index (κ1) is 21.5. The van der Waals surface area contributed by atoms with Crippen molar-refractivity contribution in [3.05, 3.63) is 35.4 Å². The molecule has 1 aliphatic heterocycles. The molecule has 140 valence electrons. The molecule has 2 rings (SSSR count). The van der Waals surface area contributed by atoms with Crippen LogP contribution in [0.1, 0.15) is 49.0 Å². The smallest absolute Gasteiger partial charge is 0.252 e. The highest BCUT2D eigenvalue weighted by molar-refractivity contribution is 5.98. The fraction of sp³-hybridized carbons (Fsp3) is 0.579. The predicted molar refractivity (Wildman–Crippen MR) is 103 cm³/mol. The first-order valence-electron chi connectivity index (χ1n) is 8.79. The van der Waals surface area contributed by atoms with Gasteiger partial charge in [-0.1, -0.05) is 32.0 Å². The molecule has 6 heteroatoms. The van der Waals surface area contributed by atoms with Crippen molar-refractivity contribution in [1.29, 1.82) is 0 Å². The van der Waals surface area contributed by atoms with Crippen LogP contribution in [0.4, 0.5) is 0 Å². The van der Waals surface area contributed by atoms with Crippen LogP contribution in [0.15, 0.2) is 24.3 Å². The van der Waals surface area contributed by atoms with Gasteiger partial charge in [0.1, 0.15) is 6.04 Å². The number of benzene rings is 1. The number of nitrogens with zero attached hydrogens (tertiary/aromatic N) is 1. The van der Waals surface area contributed by atoms with E-state index in [0.717, 1.165) is 18.4 Å². The third kappa shape index (κ3) is 6.01. The molecule has 0 aliphatic carbocycles. The maximum absolute atomic E-state index is 12.9. The van der Waals surface area contributed by atoms with Gasteiger partial charge in [0.25, 0.3) is 5.91 Å². The molecule has 1 aromatic carbocycles. The average molecular weight is 368 g/mol. The number of rotatable bonds is 5. The van der Waals surface area contributed by atoms with Gasteiger partial charge in [0.15, 0.2) is 0 Å². The van der Waals surface area contributed by atoms with Crippen LogP contribution in [0.5, 0.6) is 0 Å². The van der Waals surface area contributed by atoms with Gasteiger partial charge in [-0.3, -0.25) is 9.59 Å². The Morgan fingerprint density at radius 3 is 2.40 bits per heavy atom. The molecule has 0 spiro atoms. The number of halogens is 1. The number of hydrogen-bond acceptors (Lipinski definition) is 3. The van der Waals surface area contributed by atoms with E-state index in [2.05, 4.69) is 19.2 Å². The second-order valence-electron chi connectivity index (χ2n) is 7.13. The average Bonchev–Trinajstić information content (AvgIpc) is 2.54. The van der Waals surface area contributed by atoms with Crippen molar-refractivity contribution in [3.8, 4) is 0 Å². The minimum Gasteiger partial charge on any atom is -0.341 e. The minimum atomic E-state index is -0.480. The van der Waals surface area contributed by atoms with E-state index in [-0.39, 0.29) is 30.3 Å². The van der Waals surface area contributed by atoms with E-state index in [1.165, 1.54) is 0 Å². The van der Waals surface area contributed by atoms with Crippen LogP contribution >= 0.6 is 12.4 Å². The van der Waals surface area contributed by atoms with Crippen LogP contribution in [0.25, 0.3) is 0 Å². The van der Waals surface area contributed by atoms with E-state index in [1.807, 2.05) is 30.0 Å².